The minimum absolute atomic E-state index is 0.154. The number of hydrogen-bond donors (Lipinski definition) is 1. The highest BCUT2D eigenvalue weighted by Gasteiger charge is 2.32. The first kappa shape index (κ1) is 18.8. The van der Waals surface area contributed by atoms with E-state index in [1.807, 2.05) is 6.92 Å². The second kappa shape index (κ2) is 7.44. The van der Waals surface area contributed by atoms with Crippen LogP contribution >= 0.6 is 11.3 Å². The number of nitrogens with one attached hydrogen (secondary N) is 1. The van der Waals surface area contributed by atoms with Gasteiger partial charge in [-0.15, -0.1) is 0 Å². The Morgan fingerprint density at radius 3 is 3.07 bits per heavy atom. The molecule has 3 heterocycles. The smallest absolute Gasteiger partial charge is 0.262 e. The van der Waals surface area contributed by atoms with Crippen molar-refractivity contribution in [2.45, 2.75) is 39.0 Å². The van der Waals surface area contributed by atoms with E-state index in [-0.39, 0.29) is 23.2 Å². The summed E-state index contributed by atoms with van der Waals surface area (Å²) in [5.74, 6) is -0.940. The van der Waals surface area contributed by atoms with Crippen molar-refractivity contribution in [1.82, 2.24) is 15.0 Å². The number of ether oxygens (including phenoxy) is 1. The van der Waals surface area contributed by atoms with Gasteiger partial charge in [0.15, 0.2) is 10.7 Å². The van der Waals surface area contributed by atoms with Gasteiger partial charge in [-0.3, -0.25) is 9.69 Å². The number of thiazole rings is 1. The minimum atomic E-state index is -0.574. The Balaban J connectivity index is 1.43. The standard InChI is InChI=1S/C18H18F2N4O3S/c1-9-5-12(26-17-13-4-3-11(19)6-14(13)27-23-17)7-24(9)8-15-16(20)22-18(28-15)21-10(2)25/h3-4,6,9,12H,5,7-8H2,1-2H3,(H,21,22,25). The van der Waals surface area contributed by atoms with Crippen LogP contribution in [0.3, 0.4) is 0 Å². The van der Waals surface area contributed by atoms with Crippen LogP contribution < -0.4 is 10.1 Å². The van der Waals surface area contributed by atoms with E-state index in [9.17, 15) is 13.6 Å². The molecule has 1 aliphatic rings. The van der Waals surface area contributed by atoms with Gasteiger partial charge >= 0.3 is 0 Å². The SMILES string of the molecule is CC(=O)Nc1nc(F)c(CN2CC(Oc3noc4cc(F)ccc34)CC2C)s1. The van der Waals surface area contributed by atoms with Gasteiger partial charge in [0.05, 0.1) is 10.3 Å². The molecule has 2 unspecified atom stereocenters. The van der Waals surface area contributed by atoms with Crippen LogP contribution in [0.5, 0.6) is 5.88 Å². The molecule has 28 heavy (non-hydrogen) atoms. The van der Waals surface area contributed by atoms with Crippen molar-refractivity contribution in [3.05, 3.63) is 34.8 Å². The molecule has 2 aromatic heterocycles. The molecule has 7 nitrogen and oxygen atoms in total. The number of halogens is 2. The summed E-state index contributed by atoms with van der Waals surface area (Å²) >= 11 is 1.12. The Morgan fingerprint density at radius 1 is 1.46 bits per heavy atom. The molecule has 1 aliphatic heterocycles. The summed E-state index contributed by atoms with van der Waals surface area (Å²) in [7, 11) is 0. The number of aromatic nitrogens is 2. The fraction of sp³-hybridized carbons (Fsp3) is 0.389. The normalized spacial score (nSPS) is 20.0. The van der Waals surface area contributed by atoms with Gasteiger partial charge in [-0.1, -0.05) is 11.3 Å². The number of hydrogen-bond acceptors (Lipinski definition) is 7. The Kier molecular flexibility index (Phi) is 4.98. The Bertz CT molecular complexity index is 1020. The number of rotatable bonds is 5. The van der Waals surface area contributed by atoms with Crippen LogP contribution in [0.2, 0.25) is 0 Å². The molecule has 10 heteroatoms. The van der Waals surface area contributed by atoms with Gasteiger partial charge in [0.1, 0.15) is 11.9 Å². The molecular formula is C18H18F2N4O3S. The molecule has 0 spiro atoms. The first-order valence-corrected chi connectivity index (χ1v) is 9.59. The van der Waals surface area contributed by atoms with Crippen LogP contribution in [0.4, 0.5) is 13.9 Å². The second-order valence-corrected chi connectivity index (χ2v) is 7.88. The van der Waals surface area contributed by atoms with E-state index < -0.39 is 11.8 Å². The lowest BCUT2D eigenvalue weighted by molar-refractivity contribution is -0.114. The van der Waals surface area contributed by atoms with E-state index in [4.69, 9.17) is 9.26 Å². The van der Waals surface area contributed by atoms with E-state index in [0.717, 1.165) is 17.8 Å². The van der Waals surface area contributed by atoms with E-state index in [1.165, 1.54) is 19.1 Å². The Labute approximate surface area is 163 Å². The van der Waals surface area contributed by atoms with Crippen molar-refractivity contribution in [3.63, 3.8) is 0 Å². The van der Waals surface area contributed by atoms with Crippen molar-refractivity contribution in [3.8, 4) is 5.88 Å². The fourth-order valence-electron chi connectivity index (χ4n) is 3.30. The van der Waals surface area contributed by atoms with Gasteiger partial charge in [0.2, 0.25) is 11.9 Å². The maximum atomic E-state index is 14.1. The third-order valence-electron chi connectivity index (χ3n) is 4.62. The van der Waals surface area contributed by atoms with Crippen LogP contribution in [0.15, 0.2) is 22.7 Å². The van der Waals surface area contributed by atoms with Gasteiger partial charge in [0, 0.05) is 38.5 Å². The van der Waals surface area contributed by atoms with Crippen molar-refractivity contribution < 1.29 is 22.8 Å². The van der Waals surface area contributed by atoms with Crippen LogP contribution in [0.25, 0.3) is 11.0 Å². The summed E-state index contributed by atoms with van der Waals surface area (Å²) in [6, 6.07) is 4.32. The zero-order valence-corrected chi connectivity index (χ0v) is 16.1. The summed E-state index contributed by atoms with van der Waals surface area (Å²) in [5.41, 5.74) is 0.329. The maximum Gasteiger partial charge on any atom is 0.262 e. The van der Waals surface area contributed by atoms with Gasteiger partial charge in [-0.05, 0) is 24.2 Å². The Hall–Kier alpha value is -2.59. The molecule has 148 valence electrons. The van der Waals surface area contributed by atoms with E-state index in [0.29, 0.717) is 34.8 Å². The number of anilines is 1. The highest BCUT2D eigenvalue weighted by molar-refractivity contribution is 7.15. The molecule has 0 aliphatic carbocycles. The van der Waals surface area contributed by atoms with Gasteiger partial charge in [-0.2, -0.15) is 9.37 Å². The molecule has 3 aromatic rings. The topological polar surface area (TPSA) is 80.5 Å². The molecule has 0 bridgehead atoms. The van der Waals surface area contributed by atoms with E-state index in [1.54, 1.807) is 6.07 Å². The molecule has 0 radical (unpaired) electrons. The number of carbonyl (C=O) groups excluding carboxylic acids is 1. The van der Waals surface area contributed by atoms with Crippen molar-refractivity contribution in [1.29, 1.82) is 0 Å². The highest BCUT2D eigenvalue weighted by Crippen LogP contribution is 2.31. The van der Waals surface area contributed by atoms with Crippen molar-refractivity contribution >= 4 is 33.3 Å². The van der Waals surface area contributed by atoms with Crippen molar-refractivity contribution in [2.75, 3.05) is 11.9 Å². The zero-order valence-electron chi connectivity index (χ0n) is 15.2. The summed E-state index contributed by atoms with van der Waals surface area (Å²) < 4.78 is 38.4. The number of likely N-dealkylation sites (tertiary alicyclic amines) is 1. The largest absolute Gasteiger partial charge is 0.470 e. The van der Waals surface area contributed by atoms with Crippen LogP contribution in [-0.4, -0.2) is 39.6 Å². The lowest BCUT2D eigenvalue weighted by Crippen LogP contribution is -2.28. The van der Waals surface area contributed by atoms with Gasteiger partial charge in [-0.25, -0.2) is 4.39 Å². The average Bonchev–Trinajstić information content (AvgIpc) is 3.27. The minimum Gasteiger partial charge on any atom is -0.470 e. The number of nitrogens with zero attached hydrogens (tertiary/aromatic N) is 3. The number of carbonyl (C=O) groups is 1. The molecular weight excluding hydrogens is 390 g/mol. The summed E-state index contributed by atoms with van der Waals surface area (Å²) in [6.45, 7) is 4.33. The molecule has 1 amide bonds. The van der Waals surface area contributed by atoms with E-state index >= 15 is 0 Å². The molecule has 1 saturated heterocycles. The third kappa shape index (κ3) is 3.83. The fourth-order valence-corrected chi connectivity index (χ4v) is 4.22. The lowest BCUT2D eigenvalue weighted by atomic mass is 10.2. The Morgan fingerprint density at radius 2 is 2.29 bits per heavy atom. The zero-order chi connectivity index (χ0) is 19.8. The summed E-state index contributed by atoms with van der Waals surface area (Å²) in [5, 5.41) is 7.25. The van der Waals surface area contributed by atoms with Gasteiger partial charge < -0.3 is 14.6 Å². The highest BCUT2D eigenvalue weighted by atomic mass is 32.1. The van der Waals surface area contributed by atoms with Crippen LogP contribution in [0, 0.1) is 11.8 Å². The number of benzene rings is 1. The molecule has 2 atom stereocenters. The number of fused-ring (bicyclic) bond motifs is 1. The second-order valence-electron chi connectivity index (χ2n) is 6.80. The average molecular weight is 408 g/mol. The monoisotopic (exact) mass is 408 g/mol. The lowest BCUT2D eigenvalue weighted by Gasteiger charge is -2.19. The first-order valence-electron chi connectivity index (χ1n) is 8.77. The molecule has 1 fully saturated rings. The maximum absolute atomic E-state index is 14.1. The summed E-state index contributed by atoms with van der Waals surface area (Å²) in [6.07, 6.45) is 0.577. The molecule has 1 aromatic carbocycles. The number of amides is 1. The molecule has 4 rings (SSSR count). The van der Waals surface area contributed by atoms with Crippen LogP contribution in [0.1, 0.15) is 25.1 Å². The third-order valence-corrected chi connectivity index (χ3v) is 5.55. The first-order chi connectivity index (χ1) is 13.4. The predicted octanol–water partition coefficient (Wildman–Crippen LogP) is 3.56. The van der Waals surface area contributed by atoms with Crippen LogP contribution in [-0.2, 0) is 11.3 Å². The molecule has 1 N–H and O–H groups in total. The van der Waals surface area contributed by atoms with Crippen molar-refractivity contribution in [2.24, 2.45) is 0 Å². The predicted molar refractivity (Wildman–Crippen MR) is 99.2 cm³/mol. The van der Waals surface area contributed by atoms with Gasteiger partial charge in [0.25, 0.3) is 5.88 Å². The quantitative estimate of drug-likeness (QED) is 0.695. The van der Waals surface area contributed by atoms with E-state index in [2.05, 4.69) is 20.4 Å². The summed E-state index contributed by atoms with van der Waals surface area (Å²) in [4.78, 5) is 17.4. The molecule has 0 saturated carbocycles.